The van der Waals surface area contributed by atoms with Gasteiger partial charge in [0.05, 0.1) is 1.37 Å². The van der Waals surface area contributed by atoms with Gasteiger partial charge < -0.3 is 10.2 Å². The molecule has 0 bridgehead atoms. The van der Waals surface area contributed by atoms with E-state index in [9.17, 15) is 4.79 Å². The molecular formula is C3H6O3. The van der Waals surface area contributed by atoms with Crippen molar-refractivity contribution in [3.05, 3.63) is 0 Å². The maximum atomic E-state index is 9.58. The van der Waals surface area contributed by atoms with Crippen LogP contribution in [0.15, 0.2) is 0 Å². The molecule has 0 spiro atoms. The predicted octanol–water partition coefficient (Wildman–Crippen LogP) is -0.548. The van der Waals surface area contributed by atoms with E-state index in [1.54, 1.807) is 0 Å². The van der Waals surface area contributed by atoms with Crippen LogP contribution in [0.3, 0.4) is 0 Å². The third-order valence-electron chi connectivity index (χ3n) is 0.310. The van der Waals surface area contributed by atoms with E-state index < -0.39 is 12.0 Å². The normalized spacial score (nSPS) is 21.3. The molecule has 0 radical (unpaired) electrons. The van der Waals surface area contributed by atoms with Gasteiger partial charge in [-0.05, 0) is 6.92 Å². The number of hydrogen-bond donors (Lipinski definition) is 2. The van der Waals surface area contributed by atoms with Gasteiger partial charge in [0, 0.05) is 0 Å². The van der Waals surface area contributed by atoms with Gasteiger partial charge in [0.15, 0.2) is 0 Å². The Morgan fingerprint density at radius 3 is 2.33 bits per heavy atom. The van der Waals surface area contributed by atoms with Crippen LogP contribution in [0.1, 0.15) is 8.29 Å². The molecule has 2 N–H and O–H groups in total. The third-order valence-corrected chi connectivity index (χ3v) is 0.310. The molecule has 0 saturated carbocycles. The molecule has 0 aliphatic heterocycles. The van der Waals surface area contributed by atoms with Crippen molar-refractivity contribution < 1.29 is 16.4 Å². The number of carbonyl (C=O) groups is 1. The Morgan fingerprint density at radius 2 is 2.33 bits per heavy atom. The molecule has 0 fully saturated rings. The van der Waals surface area contributed by atoms with Crippen molar-refractivity contribution in [1.82, 2.24) is 0 Å². The van der Waals surface area contributed by atoms with Gasteiger partial charge in [-0.1, -0.05) is 0 Å². The molecule has 0 aliphatic carbocycles. The number of carboxylic acid groups (broad SMARTS) is 1. The van der Waals surface area contributed by atoms with E-state index in [0.29, 0.717) is 0 Å². The minimum Gasteiger partial charge on any atom is -0.479 e. The van der Waals surface area contributed by atoms with Gasteiger partial charge in [0.25, 0.3) is 0 Å². The zero-order valence-electron chi connectivity index (χ0n) is 4.30. The molecule has 0 amide bonds. The van der Waals surface area contributed by atoms with Crippen molar-refractivity contribution in [2.45, 2.75) is 13.0 Å². The zero-order chi connectivity index (χ0) is 6.08. The highest BCUT2D eigenvalue weighted by Crippen LogP contribution is 1.73. The Hall–Kier alpha value is -0.570. The molecule has 0 aliphatic rings. The summed E-state index contributed by atoms with van der Waals surface area (Å²) in [4.78, 5) is 9.58. The van der Waals surface area contributed by atoms with E-state index in [0.717, 1.165) is 6.92 Å². The first-order chi connectivity index (χ1) is 2.94. The van der Waals surface area contributed by atoms with Crippen LogP contribution in [0, 0.1) is 0 Å². The predicted molar refractivity (Wildman–Crippen MR) is 19.3 cm³/mol. The van der Waals surface area contributed by atoms with E-state index in [1.807, 2.05) is 0 Å². The summed E-state index contributed by atoms with van der Waals surface area (Å²) in [5.41, 5.74) is 0. The summed E-state index contributed by atoms with van der Waals surface area (Å²) in [6.07, 6.45) is -2.33. The lowest BCUT2D eigenvalue weighted by Gasteiger charge is -1.89. The molecule has 0 unspecified atom stereocenters. The van der Waals surface area contributed by atoms with Crippen molar-refractivity contribution in [3.8, 4) is 0 Å². The Bertz CT molecular complexity index is 82.7. The van der Waals surface area contributed by atoms with Gasteiger partial charge in [-0.2, -0.15) is 0 Å². The highest BCUT2D eigenvalue weighted by Gasteiger charge is 2.01. The first kappa shape index (κ1) is 3.61. The molecule has 6 heavy (non-hydrogen) atoms. The van der Waals surface area contributed by atoms with Crippen LogP contribution >= 0.6 is 0 Å². The standard InChI is InChI=1S/C3H6O3/c1-2(4)3(5)6/h2,4H,1H3,(H,5,6)/t2-/m1/s1/i2D. The average Bonchev–Trinajstić information content (AvgIpc) is 1.31. The molecule has 0 aromatic heterocycles. The molecule has 0 aromatic carbocycles. The molecule has 0 aromatic rings. The fraction of sp³-hybridized carbons (Fsp3) is 0.667. The number of hydrogen-bond acceptors (Lipinski definition) is 2. The van der Waals surface area contributed by atoms with Gasteiger partial charge in [0.2, 0.25) is 0 Å². The van der Waals surface area contributed by atoms with E-state index in [4.69, 9.17) is 11.6 Å². The van der Waals surface area contributed by atoms with Gasteiger partial charge in [-0.3, -0.25) is 0 Å². The Labute approximate surface area is 36.6 Å². The topological polar surface area (TPSA) is 57.5 Å². The van der Waals surface area contributed by atoms with Crippen LogP contribution in [-0.2, 0) is 4.79 Å². The second kappa shape index (κ2) is 1.77. The third kappa shape index (κ3) is 1.72. The largest absolute Gasteiger partial charge is 0.479 e. The van der Waals surface area contributed by atoms with Gasteiger partial charge in [-0.15, -0.1) is 0 Å². The summed E-state index contributed by atoms with van der Waals surface area (Å²) in [6, 6.07) is 0. The monoisotopic (exact) mass is 91.0 g/mol. The van der Waals surface area contributed by atoms with E-state index in [-0.39, 0.29) is 0 Å². The number of aliphatic carboxylic acids is 1. The molecule has 3 heteroatoms. The van der Waals surface area contributed by atoms with Crippen LogP contribution in [0.4, 0.5) is 0 Å². The molecule has 3 nitrogen and oxygen atoms in total. The lowest BCUT2D eigenvalue weighted by atomic mass is 10.4. The van der Waals surface area contributed by atoms with Crippen LogP contribution in [-0.4, -0.2) is 22.3 Å². The van der Waals surface area contributed by atoms with Crippen LogP contribution in [0.25, 0.3) is 0 Å². The van der Waals surface area contributed by atoms with Gasteiger partial charge >= 0.3 is 5.97 Å². The van der Waals surface area contributed by atoms with E-state index in [1.165, 1.54) is 0 Å². The quantitative estimate of drug-likeness (QED) is 0.455. The molecule has 0 saturated heterocycles. The van der Waals surface area contributed by atoms with Crippen molar-refractivity contribution in [1.29, 1.82) is 0 Å². The van der Waals surface area contributed by atoms with Crippen LogP contribution in [0.2, 0.25) is 0 Å². The maximum absolute atomic E-state index is 9.58. The Kier molecular flexibility index (Phi) is 1.06. The molecule has 0 heterocycles. The van der Waals surface area contributed by atoms with Crippen molar-refractivity contribution in [3.63, 3.8) is 0 Å². The SMILES string of the molecule is [2H][C@](C)(O)C(=O)O. The second-order valence-corrected chi connectivity index (χ2v) is 0.891. The zero-order valence-corrected chi connectivity index (χ0v) is 3.30. The second-order valence-electron chi connectivity index (χ2n) is 0.891. The molecule has 36 valence electrons. The summed E-state index contributed by atoms with van der Waals surface area (Å²) in [5.74, 6) is -1.53. The van der Waals surface area contributed by atoms with Gasteiger partial charge in [-0.25, -0.2) is 4.79 Å². The number of carboxylic acids is 1. The fourth-order valence-corrected chi connectivity index (χ4v) is 0. The average molecular weight is 91.1 g/mol. The van der Waals surface area contributed by atoms with Crippen molar-refractivity contribution >= 4 is 5.97 Å². The van der Waals surface area contributed by atoms with Crippen molar-refractivity contribution in [2.24, 2.45) is 0 Å². The fourth-order valence-electron chi connectivity index (χ4n) is 0. The maximum Gasteiger partial charge on any atom is 0.332 e. The Balaban J connectivity index is 3.79. The van der Waals surface area contributed by atoms with Gasteiger partial charge in [0.1, 0.15) is 6.08 Å². The summed E-state index contributed by atoms with van der Waals surface area (Å²) in [5, 5.41) is 16.0. The minimum absolute atomic E-state index is 0.884. The molecule has 0 rings (SSSR count). The molecular weight excluding hydrogens is 84.0 g/mol. The Morgan fingerprint density at radius 1 is 2.17 bits per heavy atom. The van der Waals surface area contributed by atoms with Crippen LogP contribution in [0.5, 0.6) is 0 Å². The smallest absolute Gasteiger partial charge is 0.332 e. The summed E-state index contributed by atoms with van der Waals surface area (Å²) >= 11 is 0. The summed E-state index contributed by atoms with van der Waals surface area (Å²) < 4.78 is 6.34. The van der Waals surface area contributed by atoms with Crippen molar-refractivity contribution in [2.75, 3.05) is 0 Å². The van der Waals surface area contributed by atoms with Crippen LogP contribution < -0.4 is 0 Å². The summed E-state index contributed by atoms with van der Waals surface area (Å²) in [6.45, 7) is 0.884. The minimum atomic E-state index is -2.33. The number of aliphatic hydroxyl groups is 1. The van der Waals surface area contributed by atoms with E-state index in [2.05, 4.69) is 0 Å². The lowest BCUT2D eigenvalue weighted by Crippen LogP contribution is -2.13. The first-order valence-electron chi connectivity index (χ1n) is 1.90. The highest BCUT2D eigenvalue weighted by atomic mass is 16.4. The highest BCUT2D eigenvalue weighted by molar-refractivity contribution is 5.71. The molecule has 1 atom stereocenters. The lowest BCUT2D eigenvalue weighted by molar-refractivity contribution is -0.145. The van der Waals surface area contributed by atoms with E-state index >= 15 is 0 Å². The first-order valence-corrected chi connectivity index (χ1v) is 1.40. The number of rotatable bonds is 1. The summed E-state index contributed by atoms with van der Waals surface area (Å²) in [7, 11) is 0.